The van der Waals surface area contributed by atoms with Crippen LogP contribution >= 0.6 is 0 Å². The molecule has 0 heterocycles. The maximum absolute atomic E-state index is 12.2. The van der Waals surface area contributed by atoms with E-state index in [2.05, 4.69) is 4.72 Å². The van der Waals surface area contributed by atoms with Crippen LogP contribution in [0.1, 0.15) is 25.8 Å². The molecular weight excluding hydrogens is 278 g/mol. The van der Waals surface area contributed by atoms with E-state index < -0.39 is 22.0 Å². The van der Waals surface area contributed by atoms with Gasteiger partial charge in [0.05, 0.1) is 4.90 Å². The fourth-order valence-electron chi connectivity index (χ4n) is 1.75. The molecule has 1 aromatic rings. The van der Waals surface area contributed by atoms with Gasteiger partial charge in [-0.1, -0.05) is 31.5 Å². The molecule has 1 atom stereocenters. The molecule has 1 unspecified atom stereocenters. The highest BCUT2D eigenvalue weighted by molar-refractivity contribution is 7.89. The third kappa shape index (κ3) is 4.59. The Morgan fingerprint density at radius 1 is 1.25 bits per heavy atom. The van der Waals surface area contributed by atoms with E-state index in [1.165, 1.54) is 12.1 Å². The van der Waals surface area contributed by atoms with E-state index in [0.717, 1.165) is 5.56 Å². The van der Waals surface area contributed by atoms with E-state index in [0.29, 0.717) is 6.42 Å². The summed E-state index contributed by atoms with van der Waals surface area (Å²) in [5, 5.41) is 0. The molecule has 0 aliphatic heterocycles. The van der Waals surface area contributed by atoms with Crippen molar-refractivity contribution >= 4 is 15.9 Å². The second-order valence-corrected chi connectivity index (χ2v) is 6.84. The van der Waals surface area contributed by atoms with Gasteiger partial charge < -0.3 is 0 Å². The molecule has 112 valence electrons. The molecule has 0 saturated carbocycles. The van der Waals surface area contributed by atoms with Crippen LogP contribution in [0.4, 0.5) is 0 Å². The fraction of sp³-hybridized carbons (Fsp3) is 0.462. The topological polar surface area (TPSA) is 101 Å². The molecule has 0 radical (unpaired) electrons. The van der Waals surface area contributed by atoms with Gasteiger partial charge in [-0.15, -0.1) is 0 Å². The van der Waals surface area contributed by atoms with Crippen molar-refractivity contribution < 1.29 is 13.2 Å². The molecule has 4 N–H and O–H groups in total. The van der Waals surface area contributed by atoms with Crippen LogP contribution < -0.4 is 16.0 Å². The smallest absolute Gasteiger partial charge is 0.252 e. The van der Waals surface area contributed by atoms with E-state index in [1.54, 1.807) is 12.1 Å². The normalized spacial score (nSPS) is 13.2. The highest BCUT2D eigenvalue weighted by atomic mass is 32.2. The van der Waals surface area contributed by atoms with Gasteiger partial charge in [0.2, 0.25) is 10.0 Å². The number of nitrogens with one attached hydrogen (secondary N) is 2. The van der Waals surface area contributed by atoms with Crippen LogP contribution in [0.3, 0.4) is 0 Å². The lowest BCUT2D eigenvalue weighted by Crippen LogP contribution is -2.49. The number of carbonyl (C=O) groups excluding carboxylic acids is 1. The zero-order valence-electron chi connectivity index (χ0n) is 11.9. The fourth-order valence-corrected chi connectivity index (χ4v) is 2.96. The molecule has 1 rings (SSSR count). The Balaban J connectivity index is 2.96. The van der Waals surface area contributed by atoms with E-state index in [-0.39, 0.29) is 10.8 Å². The van der Waals surface area contributed by atoms with Crippen molar-refractivity contribution in [2.24, 2.45) is 11.8 Å². The number of hydrazine groups is 1. The summed E-state index contributed by atoms with van der Waals surface area (Å²) in [5.74, 6) is 4.70. The van der Waals surface area contributed by atoms with Crippen LogP contribution in [-0.4, -0.2) is 20.4 Å². The molecule has 1 amide bonds. The van der Waals surface area contributed by atoms with Crippen molar-refractivity contribution in [1.29, 1.82) is 0 Å². The Morgan fingerprint density at radius 2 is 1.80 bits per heavy atom. The first-order valence-electron chi connectivity index (χ1n) is 6.35. The number of hydrogen-bond donors (Lipinski definition) is 3. The summed E-state index contributed by atoms with van der Waals surface area (Å²) in [6, 6.07) is 5.53. The van der Waals surface area contributed by atoms with Crippen LogP contribution in [0.15, 0.2) is 29.2 Å². The van der Waals surface area contributed by atoms with E-state index in [9.17, 15) is 13.2 Å². The standard InChI is InChI=1S/C13H21N3O3S/c1-9(2)8-12(13(17)15-14)16-20(18,19)11-6-4-10(3)5-7-11/h4-7,9,12,16H,8,14H2,1-3H3,(H,15,17). The molecule has 1 aromatic carbocycles. The molecule has 7 heteroatoms. The van der Waals surface area contributed by atoms with Gasteiger partial charge in [-0.05, 0) is 31.4 Å². The molecule has 6 nitrogen and oxygen atoms in total. The number of rotatable bonds is 6. The van der Waals surface area contributed by atoms with Gasteiger partial charge in [-0.2, -0.15) is 4.72 Å². The molecule has 0 spiro atoms. The van der Waals surface area contributed by atoms with Gasteiger partial charge in [0, 0.05) is 0 Å². The third-order valence-corrected chi connectivity index (χ3v) is 4.28. The zero-order valence-corrected chi connectivity index (χ0v) is 12.7. The lowest BCUT2D eigenvalue weighted by Gasteiger charge is -2.19. The lowest BCUT2D eigenvalue weighted by molar-refractivity contribution is -0.123. The summed E-state index contributed by atoms with van der Waals surface area (Å²) in [5.41, 5.74) is 2.95. The van der Waals surface area contributed by atoms with Crippen LogP contribution in [0.2, 0.25) is 0 Å². The largest absolute Gasteiger partial charge is 0.293 e. The quantitative estimate of drug-likeness (QED) is 0.408. The van der Waals surface area contributed by atoms with Gasteiger partial charge in [0.15, 0.2) is 0 Å². The molecule has 0 aliphatic rings. The minimum atomic E-state index is -3.74. The van der Waals surface area contributed by atoms with Gasteiger partial charge in [0.1, 0.15) is 6.04 Å². The zero-order chi connectivity index (χ0) is 15.3. The summed E-state index contributed by atoms with van der Waals surface area (Å²) < 4.78 is 26.8. The monoisotopic (exact) mass is 299 g/mol. The van der Waals surface area contributed by atoms with Crippen LogP contribution in [0.25, 0.3) is 0 Å². The average molecular weight is 299 g/mol. The van der Waals surface area contributed by atoms with Gasteiger partial charge in [-0.25, -0.2) is 14.3 Å². The average Bonchev–Trinajstić information content (AvgIpc) is 2.36. The predicted octanol–water partition coefficient (Wildman–Crippen LogP) is 0.678. The summed E-state index contributed by atoms with van der Waals surface area (Å²) in [6.07, 6.45) is 0.369. The predicted molar refractivity (Wildman–Crippen MR) is 77.1 cm³/mol. The maximum Gasteiger partial charge on any atom is 0.252 e. The number of aryl methyl sites for hydroxylation is 1. The maximum atomic E-state index is 12.2. The van der Waals surface area contributed by atoms with Crippen molar-refractivity contribution in [3.05, 3.63) is 29.8 Å². The number of sulfonamides is 1. The van der Waals surface area contributed by atoms with Crippen molar-refractivity contribution in [3.63, 3.8) is 0 Å². The second kappa shape index (κ2) is 6.83. The molecule has 0 aromatic heterocycles. The van der Waals surface area contributed by atoms with Crippen LogP contribution in [-0.2, 0) is 14.8 Å². The Labute approximate surface area is 119 Å². The first kappa shape index (κ1) is 16.6. The Bertz CT molecular complexity index is 553. The van der Waals surface area contributed by atoms with E-state index in [4.69, 9.17) is 5.84 Å². The lowest BCUT2D eigenvalue weighted by atomic mass is 10.0. The summed E-state index contributed by atoms with van der Waals surface area (Å²) in [6.45, 7) is 5.67. The SMILES string of the molecule is Cc1ccc(S(=O)(=O)NC(CC(C)C)C(=O)NN)cc1. The molecule has 0 aliphatic carbocycles. The minimum absolute atomic E-state index is 0.127. The van der Waals surface area contributed by atoms with Gasteiger partial charge >= 0.3 is 0 Å². The van der Waals surface area contributed by atoms with Gasteiger partial charge in [0.25, 0.3) is 5.91 Å². The number of benzene rings is 1. The highest BCUT2D eigenvalue weighted by Crippen LogP contribution is 2.13. The number of carbonyl (C=O) groups is 1. The summed E-state index contributed by atoms with van der Waals surface area (Å²) in [7, 11) is -3.74. The highest BCUT2D eigenvalue weighted by Gasteiger charge is 2.25. The molecular formula is C13H21N3O3S. The van der Waals surface area contributed by atoms with Crippen molar-refractivity contribution in [1.82, 2.24) is 10.1 Å². The number of hydrogen-bond acceptors (Lipinski definition) is 4. The van der Waals surface area contributed by atoms with Crippen molar-refractivity contribution in [2.45, 2.75) is 38.1 Å². The van der Waals surface area contributed by atoms with Crippen LogP contribution in [0, 0.1) is 12.8 Å². The molecule has 0 saturated heterocycles. The summed E-state index contributed by atoms with van der Waals surface area (Å²) >= 11 is 0. The minimum Gasteiger partial charge on any atom is -0.293 e. The Morgan fingerprint density at radius 3 is 2.25 bits per heavy atom. The van der Waals surface area contributed by atoms with Gasteiger partial charge in [-0.3, -0.25) is 10.2 Å². The van der Waals surface area contributed by atoms with E-state index in [1.807, 2.05) is 26.2 Å². The first-order valence-corrected chi connectivity index (χ1v) is 7.84. The Kier molecular flexibility index (Phi) is 5.67. The Hall–Kier alpha value is -1.44. The molecule has 0 bridgehead atoms. The third-order valence-electron chi connectivity index (χ3n) is 2.79. The number of amides is 1. The molecule has 20 heavy (non-hydrogen) atoms. The van der Waals surface area contributed by atoms with Crippen molar-refractivity contribution in [2.75, 3.05) is 0 Å². The van der Waals surface area contributed by atoms with Crippen molar-refractivity contribution in [3.8, 4) is 0 Å². The van der Waals surface area contributed by atoms with E-state index >= 15 is 0 Å². The number of nitrogens with two attached hydrogens (primary N) is 1. The van der Waals surface area contributed by atoms with Crippen LogP contribution in [0.5, 0.6) is 0 Å². The molecule has 0 fully saturated rings. The first-order chi connectivity index (χ1) is 9.26. The summed E-state index contributed by atoms with van der Waals surface area (Å²) in [4.78, 5) is 11.8. The second-order valence-electron chi connectivity index (χ2n) is 5.13.